The Morgan fingerprint density at radius 2 is 2.21 bits per heavy atom. The van der Waals surface area contributed by atoms with E-state index in [1.165, 1.54) is 6.92 Å². The maximum atomic E-state index is 11.8. The zero-order valence-corrected chi connectivity index (χ0v) is 13.6. The lowest BCUT2D eigenvalue weighted by molar-refractivity contribution is 0.101. The molecular formula is C19H18N2O3. The molecule has 2 aromatic carbocycles. The fraction of sp³-hybridized carbons (Fsp3) is 0.263. The minimum atomic E-state index is -0.0409. The van der Waals surface area contributed by atoms with E-state index >= 15 is 0 Å². The lowest BCUT2D eigenvalue weighted by Gasteiger charge is -2.28. The number of anilines is 1. The molecule has 1 aliphatic rings. The molecule has 0 radical (unpaired) electrons. The summed E-state index contributed by atoms with van der Waals surface area (Å²) in [6.07, 6.45) is 0.751. The highest BCUT2D eigenvalue weighted by atomic mass is 16.5. The molecule has 1 aliphatic heterocycles. The number of methoxy groups -OCH3 is 1. The number of benzene rings is 2. The van der Waals surface area contributed by atoms with E-state index in [4.69, 9.17) is 14.7 Å². The maximum Gasteiger partial charge on any atom is 0.164 e. The number of fused-ring (bicyclic) bond motifs is 1. The molecule has 1 atom stereocenters. The van der Waals surface area contributed by atoms with Gasteiger partial charge in [0, 0.05) is 16.8 Å². The van der Waals surface area contributed by atoms with Gasteiger partial charge in [-0.05, 0) is 37.6 Å². The predicted octanol–water partition coefficient (Wildman–Crippen LogP) is 3.19. The molecule has 5 nitrogen and oxygen atoms in total. The van der Waals surface area contributed by atoms with Crippen molar-refractivity contribution in [1.29, 1.82) is 5.26 Å². The van der Waals surface area contributed by atoms with Crippen LogP contribution < -0.4 is 14.8 Å². The number of Topliss-reactive ketones (excluding diaryl/α,β-unsaturated/α-hetero) is 1. The molecule has 1 heterocycles. The largest absolute Gasteiger partial charge is 0.493 e. The fourth-order valence-electron chi connectivity index (χ4n) is 2.91. The van der Waals surface area contributed by atoms with Gasteiger partial charge >= 0.3 is 0 Å². The van der Waals surface area contributed by atoms with Crippen molar-refractivity contribution in [2.45, 2.75) is 19.4 Å². The number of ether oxygens (including phenoxy) is 2. The average Bonchev–Trinajstić information content (AvgIpc) is 2.60. The molecule has 0 saturated carbocycles. The van der Waals surface area contributed by atoms with Crippen molar-refractivity contribution < 1.29 is 14.3 Å². The normalized spacial score (nSPS) is 15.6. The minimum Gasteiger partial charge on any atom is -0.493 e. The summed E-state index contributed by atoms with van der Waals surface area (Å²) in [6.45, 7) is 1.98. The first-order valence-corrected chi connectivity index (χ1v) is 7.72. The van der Waals surface area contributed by atoms with E-state index in [1.54, 1.807) is 25.3 Å². The molecule has 0 aliphatic carbocycles. The molecule has 0 bridgehead atoms. The summed E-state index contributed by atoms with van der Waals surface area (Å²) in [6, 6.07) is 13.0. The lowest BCUT2D eigenvalue weighted by Crippen LogP contribution is -2.33. The van der Waals surface area contributed by atoms with Crippen LogP contribution in [0.2, 0.25) is 0 Å². The molecular weight excluding hydrogens is 304 g/mol. The number of nitriles is 1. The van der Waals surface area contributed by atoms with Gasteiger partial charge in [-0.15, -0.1) is 0 Å². The Hall–Kier alpha value is -3.00. The second-order valence-corrected chi connectivity index (χ2v) is 5.73. The summed E-state index contributed by atoms with van der Waals surface area (Å²) < 4.78 is 11.2. The van der Waals surface area contributed by atoms with Crippen molar-refractivity contribution >= 4 is 11.5 Å². The van der Waals surface area contributed by atoms with Crippen LogP contribution in [0.5, 0.6) is 11.5 Å². The average molecular weight is 322 g/mol. The van der Waals surface area contributed by atoms with Gasteiger partial charge in [0.15, 0.2) is 17.3 Å². The van der Waals surface area contributed by atoms with E-state index in [9.17, 15) is 4.79 Å². The Morgan fingerprint density at radius 3 is 2.92 bits per heavy atom. The Labute approximate surface area is 140 Å². The van der Waals surface area contributed by atoms with Crippen molar-refractivity contribution in [2.75, 3.05) is 19.0 Å². The summed E-state index contributed by atoms with van der Waals surface area (Å²) in [7, 11) is 1.62. The van der Waals surface area contributed by atoms with Gasteiger partial charge < -0.3 is 14.8 Å². The topological polar surface area (TPSA) is 71.3 Å². The van der Waals surface area contributed by atoms with Crippen molar-refractivity contribution in [3.63, 3.8) is 0 Å². The number of nitrogens with zero attached hydrogens (tertiary/aromatic N) is 1. The quantitative estimate of drug-likeness (QED) is 0.875. The monoisotopic (exact) mass is 322 g/mol. The zero-order valence-electron chi connectivity index (χ0n) is 13.6. The van der Waals surface area contributed by atoms with Gasteiger partial charge in [-0.1, -0.05) is 12.1 Å². The molecule has 0 saturated heterocycles. The molecule has 0 aromatic heterocycles. The molecule has 1 unspecified atom stereocenters. The second kappa shape index (κ2) is 6.63. The molecule has 0 amide bonds. The number of carbonyl (C=O) groups is 1. The Kier molecular flexibility index (Phi) is 4.39. The van der Waals surface area contributed by atoms with Gasteiger partial charge in [-0.25, -0.2) is 0 Å². The lowest BCUT2D eigenvalue weighted by atomic mass is 10.0. The number of hydrogen-bond donors (Lipinski definition) is 1. The van der Waals surface area contributed by atoms with Gasteiger partial charge in [-0.2, -0.15) is 5.26 Å². The van der Waals surface area contributed by atoms with Gasteiger partial charge in [0.05, 0.1) is 24.8 Å². The van der Waals surface area contributed by atoms with Crippen LogP contribution in [-0.4, -0.2) is 25.5 Å². The van der Waals surface area contributed by atoms with Crippen molar-refractivity contribution in [2.24, 2.45) is 0 Å². The number of hydrogen-bond acceptors (Lipinski definition) is 5. The highest BCUT2D eigenvalue weighted by molar-refractivity contribution is 5.99. The molecule has 0 fully saturated rings. The predicted molar refractivity (Wildman–Crippen MR) is 90.8 cm³/mol. The van der Waals surface area contributed by atoms with Crippen LogP contribution in [0.1, 0.15) is 28.4 Å². The second-order valence-electron chi connectivity index (χ2n) is 5.73. The Morgan fingerprint density at radius 1 is 1.38 bits per heavy atom. The zero-order chi connectivity index (χ0) is 17.1. The first-order chi connectivity index (χ1) is 11.6. The number of para-hydroxylation sites is 1. The maximum absolute atomic E-state index is 11.8. The molecule has 122 valence electrons. The molecule has 0 spiro atoms. The van der Waals surface area contributed by atoms with Crippen LogP contribution in [0.15, 0.2) is 36.4 Å². The molecule has 1 N–H and O–H groups in total. The summed E-state index contributed by atoms with van der Waals surface area (Å²) >= 11 is 0. The first kappa shape index (κ1) is 15.9. The van der Waals surface area contributed by atoms with Crippen LogP contribution in [0, 0.1) is 11.3 Å². The van der Waals surface area contributed by atoms with E-state index in [1.807, 2.05) is 18.2 Å². The van der Waals surface area contributed by atoms with Crippen molar-refractivity contribution in [1.82, 2.24) is 0 Å². The summed E-state index contributed by atoms with van der Waals surface area (Å²) in [5, 5.41) is 12.4. The fourth-order valence-corrected chi connectivity index (χ4v) is 2.91. The van der Waals surface area contributed by atoms with E-state index in [-0.39, 0.29) is 11.8 Å². The van der Waals surface area contributed by atoms with Crippen LogP contribution in [0.25, 0.3) is 0 Å². The van der Waals surface area contributed by atoms with E-state index in [2.05, 4.69) is 11.4 Å². The van der Waals surface area contributed by atoms with E-state index < -0.39 is 0 Å². The van der Waals surface area contributed by atoms with Crippen molar-refractivity contribution in [3.8, 4) is 17.6 Å². The molecule has 2 aromatic rings. The SMILES string of the molecule is COc1cccc2c1OCC(Nc1cc(C#N)ccc1C(C)=O)C2. The summed E-state index contributed by atoms with van der Waals surface area (Å²) in [4.78, 5) is 11.8. The van der Waals surface area contributed by atoms with Crippen LogP contribution >= 0.6 is 0 Å². The van der Waals surface area contributed by atoms with Gasteiger partial charge in [0.25, 0.3) is 0 Å². The van der Waals surface area contributed by atoms with E-state index in [0.717, 1.165) is 23.5 Å². The summed E-state index contributed by atoms with van der Waals surface area (Å²) in [5.41, 5.74) is 2.81. The highest BCUT2D eigenvalue weighted by Gasteiger charge is 2.23. The number of carbonyl (C=O) groups excluding carboxylic acids is 1. The molecule has 5 heteroatoms. The third-order valence-electron chi connectivity index (χ3n) is 4.06. The van der Waals surface area contributed by atoms with E-state index in [0.29, 0.717) is 23.4 Å². The van der Waals surface area contributed by atoms with Crippen LogP contribution in [0.4, 0.5) is 5.69 Å². The standard InChI is InChI=1S/C19H18N2O3/c1-12(22)16-7-6-13(10-20)8-17(16)21-15-9-14-4-3-5-18(23-2)19(14)24-11-15/h3-8,15,21H,9,11H2,1-2H3. The number of rotatable bonds is 4. The van der Waals surface area contributed by atoms with Crippen LogP contribution in [-0.2, 0) is 6.42 Å². The van der Waals surface area contributed by atoms with Crippen LogP contribution in [0.3, 0.4) is 0 Å². The molecule has 3 rings (SSSR count). The Bertz CT molecular complexity index is 824. The van der Waals surface area contributed by atoms with Gasteiger partial charge in [0.2, 0.25) is 0 Å². The number of ketones is 1. The van der Waals surface area contributed by atoms with Gasteiger partial charge in [0.1, 0.15) is 6.61 Å². The summed E-state index contributed by atoms with van der Waals surface area (Å²) in [5.74, 6) is 1.46. The van der Waals surface area contributed by atoms with Gasteiger partial charge in [-0.3, -0.25) is 4.79 Å². The third-order valence-corrected chi connectivity index (χ3v) is 4.06. The third kappa shape index (κ3) is 3.04. The first-order valence-electron chi connectivity index (χ1n) is 7.72. The highest BCUT2D eigenvalue weighted by Crippen LogP contribution is 2.35. The Balaban J connectivity index is 1.85. The van der Waals surface area contributed by atoms with Crippen molar-refractivity contribution in [3.05, 3.63) is 53.1 Å². The molecule has 24 heavy (non-hydrogen) atoms. The number of nitrogens with one attached hydrogen (secondary N) is 1. The smallest absolute Gasteiger partial charge is 0.164 e. The minimum absolute atomic E-state index is 0.0108.